The van der Waals surface area contributed by atoms with E-state index in [0.29, 0.717) is 5.41 Å². The van der Waals surface area contributed by atoms with E-state index >= 15 is 0 Å². The van der Waals surface area contributed by atoms with Crippen LogP contribution in [0.5, 0.6) is 0 Å². The summed E-state index contributed by atoms with van der Waals surface area (Å²) in [6, 6.07) is 0.853. The fraction of sp³-hybridized carbons (Fsp3) is 1.00. The summed E-state index contributed by atoms with van der Waals surface area (Å²) in [4.78, 5) is 2.84. The third-order valence-electron chi connectivity index (χ3n) is 6.04. The lowest BCUT2D eigenvalue weighted by molar-refractivity contribution is 0.0839. The molecule has 2 nitrogen and oxygen atoms in total. The van der Waals surface area contributed by atoms with Crippen LogP contribution < -0.4 is 5.32 Å². The van der Waals surface area contributed by atoms with Crippen molar-refractivity contribution in [3.63, 3.8) is 0 Å². The van der Waals surface area contributed by atoms with E-state index in [9.17, 15) is 0 Å². The van der Waals surface area contributed by atoms with Gasteiger partial charge in [0.1, 0.15) is 0 Å². The second-order valence-electron chi connectivity index (χ2n) is 8.62. The molecular formula is C19H38N2. The summed E-state index contributed by atoms with van der Waals surface area (Å²) in [5.74, 6) is 1.92. The van der Waals surface area contributed by atoms with Crippen LogP contribution >= 0.6 is 0 Å². The van der Waals surface area contributed by atoms with Crippen molar-refractivity contribution in [1.29, 1.82) is 0 Å². The average molecular weight is 295 g/mol. The van der Waals surface area contributed by atoms with Gasteiger partial charge in [-0.2, -0.15) is 0 Å². The average Bonchev–Trinajstić information content (AvgIpc) is 2.46. The highest BCUT2D eigenvalue weighted by atomic mass is 15.2. The lowest BCUT2D eigenvalue weighted by Gasteiger charge is -2.41. The van der Waals surface area contributed by atoms with E-state index in [1.165, 1.54) is 71.0 Å². The third kappa shape index (κ3) is 5.25. The molecule has 0 aromatic carbocycles. The first-order valence-electron chi connectivity index (χ1n) is 9.39. The van der Waals surface area contributed by atoms with Crippen molar-refractivity contribution in [2.45, 2.75) is 78.2 Å². The van der Waals surface area contributed by atoms with Crippen molar-refractivity contribution in [2.75, 3.05) is 26.7 Å². The van der Waals surface area contributed by atoms with Crippen molar-refractivity contribution in [3.05, 3.63) is 0 Å². The van der Waals surface area contributed by atoms with E-state index < -0.39 is 0 Å². The van der Waals surface area contributed by atoms with Crippen LogP contribution in [-0.4, -0.2) is 37.6 Å². The van der Waals surface area contributed by atoms with Gasteiger partial charge in [0.05, 0.1) is 0 Å². The molecule has 0 amide bonds. The highest BCUT2D eigenvalue weighted by molar-refractivity contribution is 4.84. The number of nitrogens with zero attached hydrogens (tertiary/aromatic N) is 1. The Morgan fingerprint density at radius 3 is 2.33 bits per heavy atom. The molecule has 0 aromatic heterocycles. The fourth-order valence-corrected chi connectivity index (χ4v) is 4.48. The van der Waals surface area contributed by atoms with Crippen LogP contribution in [0.25, 0.3) is 0 Å². The molecule has 1 atom stereocenters. The van der Waals surface area contributed by atoms with Crippen molar-refractivity contribution in [1.82, 2.24) is 10.2 Å². The summed E-state index contributed by atoms with van der Waals surface area (Å²) in [6.45, 7) is 11.2. The van der Waals surface area contributed by atoms with Crippen molar-refractivity contribution >= 4 is 0 Å². The quantitative estimate of drug-likeness (QED) is 0.813. The number of hydrogen-bond acceptors (Lipinski definition) is 2. The Labute approximate surface area is 133 Å². The molecule has 0 bridgehead atoms. The van der Waals surface area contributed by atoms with Crippen molar-refractivity contribution in [3.8, 4) is 0 Å². The first kappa shape index (κ1) is 17.3. The molecule has 1 aliphatic heterocycles. The van der Waals surface area contributed by atoms with Gasteiger partial charge in [0, 0.05) is 12.6 Å². The maximum absolute atomic E-state index is 3.33. The minimum Gasteiger partial charge on any atom is -0.320 e. The molecule has 1 aliphatic carbocycles. The third-order valence-corrected chi connectivity index (χ3v) is 6.04. The summed E-state index contributed by atoms with van der Waals surface area (Å²) < 4.78 is 0. The summed E-state index contributed by atoms with van der Waals surface area (Å²) in [7, 11) is 2.08. The minimum atomic E-state index is 0.519. The van der Waals surface area contributed by atoms with Gasteiger partial charge in [-0.15, -0.1) is 0 Å². The SMILES string of the molecule is CNCCC1CCCCN1CC1CCC(C(C)(C)C)CC1. The summed E-state index contributed by atoms with van der Waals surface area (Å²) in [5, 5.41) is 3.33. The van der Waals surface area contributed by atoms with E-state index in [4.69, 9.17) is 0 Å². The first-order valence-corrected chi connectivity index (χ1v) is 9.39. The molecule has 0 spiro atoms. The smallest absolute Gasteiger partial charge is 0.0107 e. The van der Waals surface area contributed by atoms with Gasteiger partial charge in [0.2, 0.25) is 0 Å². The van der Waals surface area contributed by atoms with Gasteiger partial charge in [-0.1, -0.05) is 27.2 Å². The van der Waals surface area contributed by atoms with Crippen LogP contribution in [0.15, 0.2) is 0 Å². The standard InChI is InChI=1S/C19H38N2/c1-19(2,3)17-10-8-16(9-11-17)15-21-14-6-5-7-18(21)12-13-20-4/h16-18,20H,5-15H2,1-4H3. The molecule has 1 N–H and O–H groups in total. The molecule has 124 valence electrons. The number of rotatable bonds is 5. The zero-order chi connectivity index (χ0) is 15.3. The molecule has 21 heavy (non-hydrogen) atoms. The summed E-state index contributed by atoms with van der Waals surface area (Å²) in [6.07, 6.45) is 11.5. The maximum atomic E-state index is 3.33. The van der Waals surface area contributed by atoms with Gasteiger partial charge in [-0.3, -0.25) is 0 Å². The zero-order valence-corrected chi connectivity index (χ0v) is 15.0. The van der Waals surface area contributed by atoms with Crippen LogP contribution in [0.1, 0.15) is 72.1 Å². The predicted molar refractivity (Wildman–Crippen MR) is 92.7 cm³/mol. The summed E-state index contributed by atoms with van der Waals surface area (Å²) in [5.41, 5.74) is 0.519. The highest BCUT2D eigenvalue weighted by Gasteiger charge is 2.31. The monoisotopic (exact) mass is 294 g/mol. The molecule has 1 saturated heterocycles. The van der Waals surface area contributed by atoms with Crippen LogP contribution in [0.2, 0.25) is 0 Å². The van der Waals surface area contributed by atoms with E-state index in [2.05, 4.69) is 38.0 Å². The minimum absolute atomic E-state index is 0.519. The van der Waals surface area contributed by atoms with Crippen LogP contribution in [0, 0.1) is 17.3 Å². The maximum Gasteiger partial charge on any atom is 0.0107 e. The van der Waals surface area contributed by atoms with Crippen molar-refractivity contribution in [2.24, 2.45) is 17.3 Å². The van der Waals surface area contributed by atoms with Gasteiger partial charge in [-0.25, -0.2) is 0 Å². The van der Waals surface area contributed by atoms with Crippen LogP contribution in [-0.2, 0) is 0 Å². The second kappa shape index (κ2) is 7.97. The van der Waals surface area contributed by atoms with E-state index in [1.807, 2.05) is 0 Å². The normalized spacial score (nSPS) is 32.3. The molecule has 0 radical (unpaired) electrons. The second-order valence-corrected chi connectivity index (χ2v) is 8.62. The van der Waals surface area contributed by atoms with Gasteiger partial charge in [-0.05, 0) is 82.3 Å². The molecule has 1 unspecified atom stereocenters. The zero-order valence-electron chi connectivity index (χ0n) is 15.0. The number of likely N-dealkylation sites (tertiary alicyclic amines) is 1. The Morgan fingerprint density at radius 2 is 1.71 bits per heavy atom. The first-order chi connectivity index (χ1) is 10.0. The number of piperidine rings is 1. The fourth-order valence-electron chi connectivity index (χ4n) is 4.48. The lowest BCUT2D eigenvalue weighted by atomic mass is 9.69. The highest BCUT2D eigenvalue weighted by Crippen LogP contribution is 2.40. The van der Waals surface area contributed by atoms with Gasteiger partial charge < -0.3 is 10.2 Å². The van der Waals surface area contributed by atoms with Crippen LogP contribution in [0.3, 0.4) is 0 Å². The molecule has 2 fully saturated rings. The Hall–Kier alpha value is -0.0800. The van der Waals surface area contributed by atoms with Gasteiger partial charge >= 0.3 is 0 Å². The van der Waals surface area contributed by atoms with Gasteiger partial charge in [0.15, 0.2) is 0 Å². The Kier molecular flexibility index (Phi) is 6.55. The topological polar surface area (TPSA) is 15.3 Å². The molecular weight excluding hydrogens is 256 g/mol. The van der Waals surface area contributed by atoms with E-state index in [0.717, 1.165) is 17.9 Å². The molecule has 2 aliphatic rings. The Balaban J connectivity index is 1.78. The van der Waals surface area contributed by atoms with Crippen molar-refractivity contribution < 1.29 is 0 Å². The molecule has 2 heteroatoms. The van der Waals surface area contributed by atoms with Crippen LogP contribution in [0.4, 0.5) is 0 Å². The molecule has 1 saturated carbocycles. The molecule has 2 rings (SSSR count). The Bertz CT molecular complexity index is 286. The lowest BCUT2D eigenvalue weighted by Crippen LogP contribution is -2.44. The number of nitrogens with one attached hydrogen (secondary N) is 1. The summed E-state index contributed by atoms with van der Waals surface area (Å²) >= 11 is 0. The van der Waals surface area contributed by atoms with Gasteiger partial charge in [0.25, 0.3) is 0 Å². The van der Waals surface area contributed by atoms with E-state index in [-0.39, 0.29) is 0 Å². The molecule has 0 aromatic rings. The largest absolute Gasteiger partial charge is 0.320 e. The predicted octanol–water partition coefficient (Wildman–Crippen LogP) is 4.30. The van der Waals surface area contributed by atoms with E-state index in [1.54, 1.807) is 0 Å². The number of hydrogen-bond donors (Lipinski definition) is 1. The Morgan fingerprint density at radius 1 is 1.00 bits per heavy atom. The molecule has 1 heterocycles.